The number of carbonyl (C=O) groups excluding carboxylic acids is 2. The molecule has 1 aromatic rings. The molecule has 0 spiro atoms. The molecule has 1 aromatic carbocycles. The molecule has 2 amide bonds. The van der Waals surface area contributed by atoms with Gasteiger partial charge >= 0.3 is 6.09 Å². The van der Waals surface area contributed by atoms with E-state index in [2.05, 4.69) is 6.92 Å². The number of ether oxygens (including phenoxy) is 1. The van der Waals surface area contributed by atoms with Gasteiger partial charge in [0.05, 0.1) is 10.0 Å². The van der Waals surface area contributed by atoms with Gasteiger partial charge in [0.2, 0.25) is 5.91 Å². The number of carbonyl (C=O) groups is 2. The average Bonchev–Trinajstić information content (AvgIpc) is 2.73. The maximum Gasteiger partial charge on any atom is 0.410 e. The van der Waals surface area contributed by atoms with Crippen LogP contribution in [0.5, 0.6) is 0 Å². The molecule has 1 saturated heterocycles. The minimum Gasteiger partial charge on any atom is -0.444 e. The first-order valence-electron chi connectivity index (χ1n) is 9.40. The lowest BCUT2D eigenvalue weighted by atomic mass is 10.1. The Bertz CT molecular complexity index is 688. The van der Waals surface area contributed by atoms with E-state index in [1.165, 1.54) is 0 Å². The number of benzene rings is 1. The predicted molar refractivity (Wildman–Crippen MR) is 110 cm³/mol. The van der Waals surface area contributed by atoms with Gasteiger partial charge in [-0.3, -0.25) is 9.69 Å². The Morgan fingerprint density at radius 1 is 1.22 bits per heavy atom. The van der Waals surface area contributed by atoms with E-state index in [-0.39, 0.29) is 5.91 Å². The van der Waals surface area contributed by atoms with E-state index in [0.29, 0.717) is 41.7 Å². The van der Waals surface area contributed by atoms with Crippen LogP contribution in [0.2, 0.25) is 10.0 Å². The molecule has 27 heavy (non-hydrogen) atoms. The molecule has 150 valence electrons. The van der Waals surface area contributed by atoms with Crippen LogP contribution in [-0.2, 0) is 9.53 Å². The van der Waals surface area contributed by atoms with Gasteiger partial charge in [-0.25, -0.2) is 4.79 Å². The highest BCUT2D eigenvalue weighted by molar-refractivity contribution is 6.42. The second kappa shape index (κ2) is 9.16. The zero-order valence-corrected chi connectivity index (χ0v) is 17.9. The molecule has 0 N–H and O–H groups in total. The van der Waals surface area contributed by atoms with Crippen molar-refractivity contribution in [2.75, 3.05) is 18.0 Å². The van der Waals surface area contributed by atoms with Crippen LogP contribution in [0.4, 0.5) is 10.5 Å². The minimum absolute atomic E-state index is 0.106. The highest BCUT2D eigenvalue weighted by Crippen LogP contribution is 2.30. The lowest BCUT2D eigenvalue weighted by molar-refractivity contribution is -0.123. The largest absolute Gasteiger partial charge is 0.444 e. The van der Waals surface area contributed by atoms with Crippen molar-refractivity contribution < 1.29 is 14.3 Å². The fraction of sp³-hybridized carbons (Fsp3) is 0.600. The molecule has 0 bridgehead atoms. The Hall–Kier alpha value is -1.46. The van der Waals surface area contributed by atoms with Crippen LogP contribution in [0.3, 0.4) is 0 Å². The maximum atomic E-state index is 13.3. The molecule has 1 atom stereocenters. The molecule has 1 heterocycles. The zero-order valence-electron chi connectivity index (χ0n) is 16.4. The van der Waals surface area contributed by atoms with E-state index < -0.39 is 17.7 Å². The molecule has 0 radical (unpaired) electrons. The number of rotatable bonds is 4. The molecular formula is C20H28Cl2N2O3. The molecule has 1 unspecified atom stereocenters. The molecule has 0 saturated carbocycles. The van der Waals surface area contributed by atoms with Crippen LogP contribution >= 0.6 is 23.2 Å². The molecular weight excluding hydrogens is 387 g/mol. The smallest absolute Gasteiger partial charge is 0.410 e. The number of halogens is 2. The van der Waals surface area contributed by atoms with Crippen LogP contribution in [0.15, 0.2) is 18.2 Å². The van der Waals surface area contributed by atoms with Gasteiger partial charge in [-0.1, -0.05) is 43.0 Å². The summed E-state index contributed by atoms with van der Waals surface area (Å²) in [6, 6.07) is 4.62. The van der Waals surface area contributed by atoms with E-state index in [9.17, 15) is 9.59 Å². The average molecular weight is 415 g/mol. The summed E-state index contributed by atoms with van der Waals surface area (Å²) in [5.74, 6) is -0.106. The quantitative estimate of drug-likeness (QED) is 0.650. The summed E-state index contributed by atoms with van der Waals surface area (Å²) in [5, 5.41) is 0.848. The van der Waals surface area contributed by atoms with E-state index in [4.69, 9.17) is 27.9 Å². The SMILES string of the molecule is CCCCC1C(=O)N(c2ccc(Cl)c(Cl)c2)CCCN1C(=O)OC(C)(C)C. The molecule has 5 nitrogen and oxygen atoms in total. The first kappa shape index (κ1) is 21.8. The number of anilines is 1. The van der Waals surface area contributed by atoms with Crippen LogP contribution in [0, 0.1) is 0 Å². The monoisotopic (exact) mass is 414 g/mol. The maximum absolute atomic E-state index is 13.3. The Morgan fingerprint density at radius 2 is 1.93 bits per heavy atom. The van der Waals surface area contributed by atoms with Gasteiger partial charge < -0.3 is 9.64 Å². The summed E-state index contributed by atoms with van der Waals surface area (Å²) in [7, 11) is 0. The topological polar surface area (TPSA) is 49.9 Å². The van der Waals surface area contributed by atoms with E-state index >= 15 is 0 Å². The zero-order chi connectivity index (χ0) is 20.2. The van der Waals surface area contributed by atoms with Gasteiger partial charge in [0.15, 0.2) is 0 Å². The van der Waals surface area contributed by atoms with Crippen molar-refractivity contribution in [3.8, 4) is 0 Å². The lowest BCUT2D eigenvalue weighted by Crippen LogP contribution is -2.50. The number of amides is 2. The number of hydrogen-bond donors (Lipinski definition) is 0. The summed E-state index contributed by atoms with van der Waals surface area (Å²) in [4.78, 5) is 29.3. The summed E-state index contributed by atoms with van der Waals surface area (Å²) >= 11 is 12.1. The Labute approximate surface area is 171 Å². The highest BCUT2D eigenvalue weighted by atomic mass is 35.5. The second-order valence-corrected chi connectivity index (χ2v) is 8.59. The van der Waals surface area contributed by atoms with Gasteiger partial charge in [-0.2, -0.15) is 0 Å². The summed E-state index contributed by atoms with van der Waals surface area (Å²) in [6.45, 7) is 8.54. The van der Waals surface area contributed by atoms with Gasteiger partial charge in [0.25, 0.3) is 0 Å². The molecule has 0 aromatic heterocycles. The third-order valence-corrected chi connectivity index (χ3v) is 5.12. The van der Waals surface area contributed by atoms with Crippen molar-refractivity contribution in [1.82, 2.24) is 4.90 Å². The molecule has 0 aliphatic carbocycles. The van der Waals surface area contributed by atoms with Crippen molar-refractivity contribution in [2.24, 2.45) is 0 Å². The third kappa shape index (κ3) is 5.76. The fourth-order valence-electron chi connectivity index (χ4n) is 3.10. The number of unbranched alkanes of at least 4 members (excludes halogenated alkanes) is 1. The van der Waals surface area contributed by atoms with Crippen molar-refractivity contribution in [3.05, 3.63) is 28.2 Å². The first-order chi connectivity index (χ1) is 12.6. The van der Waals surface area contributed by atoms with E-state index in [1.54, 1.807) is 28.0 Å². The van der Waals surface area contributed by atoms with Crippen molar-refractivity contribution in [2.45, 2.75) is 65.0 Å². The fourth-order valence-corrected chi connectivity index (χ4v) is 3.40. The molecule has 1 aliphatic heterocycles. The first-order valence-corrected chi connectivity index (χ1v) is 10.2. The normalized spacial score (nSPS) is 18.4. The highest BCUT2D eigenvalue weighted by Gasteiger charge is 2.37. The lowest BCUT2D eigenvalue weighted by Gasteiger charge is -2.32. The summed E-state index contributed by atoms with van der Waals surface area (Å²) in [6.07, 6.45) is 2.62. The Balaban J connectivity index is 2.31. The minimum atomic E-state index is -0.606. The van der Waals surface area contributed by atoms with Crippen LogP contribution in [0.1, 0.15) is 53.4 Å². The van der Waals surface area contributed by atoms with Crippen molar-refractivity contribution in [3.63, 3.8) is 0 Å². The van der Waals surface area contributed by atoms with Crippen LogP contribution < -0.4 is 4.90 Å². The Kier molecular flexibility index (Phi) is 7.40. The summed E-state index contributed by atoms with van der Waals surface area (Å²) in [5.41, 5.74) is 0.0902. The predicted octanol–water partition coefficient (Wildman–Crippen LogP) is 5.53. The molecule has 1 fully saturated rings. The van der Waals surface area contributed by atoms with E-state index in [1.807, 2.05) is 20.8 Å². The van der Waals surface area contributed by atoms with Gasteiger partial charge in [-0.05, 0) is 51.8 Å². The second-order valence-electron chi connectivity index (χ2n) is 7.77. The standard InChI is InChI=1S/C20H28Cl2N2O3/c1-5-6-8-17-18(25)23(14-9-10-15(21)16(22)13-14)11-7-12-24(17)19(26)27-20(2,3)4/h9-10,13,17H,5-8,11-12H2,1-4H3. The van der Waals surface area contributed by atoms with Gasteiger partial charge in [0, 0.05) is 18.8 Å². The van der Waals surface area contributed by atoms with Crippen molar-refractivity contribution in [1.29, 1.82) is 0 Å². The number of hydrogen-bond acceptors (Lipinski definition) is 3. The number of nitrogens with zero attached hydrogens (tertiary/aromatic N) is 2. The molecule has 1 aliphatic rings. The van der Waals surface area contributed by atoms with Gasteiger partial charge in [-0.15, -0.1) is 0 Å². The van der Waals surface area contributed by atoms with Gasteiger partial charge in [0.1, 0.15) is 11.6 Å². The Morgan fingerprint density at radius 3 is 2.52 bits per heavy atom. The molecule has 2 rings (SSSR count). The van der Waals surface area contributed by atoms with E-state index in [0.717, 1.165) is 12.8 Å². The van der Waals surface area contributed by atoms with Crippen LogP contribution in [-0.4, -0.2) is 41.6 Å². The van der Waals surface area contributed by atoms with Crippen LogP contribution in [0.25, 0.3) is 0 Å². The molecule has 7 heteroatoms. The summed E-state index contributed by atoms with van der Waals surface area (Å²) < 4.78 is 5.54. The third-order valence-electron chi connectivity index (χ3n) is 4.38. The van der Waals surface area contributed by atoms with Crippen molar-refractivity contribution >= 4 is 40.9 Å².